The van der Waals surface area contributed by atoms with E-state index in [9.17, 15) is 4.39 Å². The molecule has 1 unspecified atom stereocenters. The summed E-state index contributed by atoms with van der Waals surface area (Å²) < 4.78 is 18.7. The maximum atomic E-state index is 12.9. The Bertz CT molecular complexity index is 702. The molecule has 0 aliphatic rings. The zero-order chi connectivity index (χ0) is 18.9. The van der Waals surface area contributed by atoms with Crippen molar-refractivity contribution in [2.45, 2.75) is 26.5 Å². The van der Waals surface area contributed by atoms with E-state index in [1.54, 1.807) is 23.5 Å². The highest BCUT2D eigenvalue weighted by molar-refractivity contribution is 7.13. The van der Waals surface area contributed by atoms with Crippen LogP contribution in [0.1, 0.15) is 19.5 Å². The second kappa shape index (κ2) is 9.96. The number of nitrogens with one attached hydrogen (secondary N) is 2. The van der Waals surface area contributed by atoms with Crippen molar-refractivity contribution in [2.24, 2.45) is 4.99 Å². The van der Waals surface area contributed by atoms with Gasteiger partial charge in [0, 0.05) is 26.0 Å². The number of aromatic nitrogens is 1. The van der Waals surface area contributed by atoms with Crippen LogP contribution in [0.4, 0.5) is 9.52 Å². The van der Waals surface area contributed by atoms with E-state index in [4.69, 9.17) is 4.74 Å². The number of thiazole rings is 1. The number of anilines is 1. The Morgan fingerprint density at radius 3 is 2.65 bits per heavy atom. The minimum Gasteiger partial charge on any atom is -0.489 e. The normalized spacial score (nSPS) is 12.6. The smallest absolute Gasteiger partial charge is 0.191 e. The van der Waals surface area contributed by atoms with Crippen molar-refractivity contribution in [1.82, 2.24) is 15.6 Å². The van der Waals surface area contributed by atoms with Gasteiger partial charge in [0.2, 0.25) is 0 Å². The summed E-state index contributed by atoms with van der Waals surface area (Å²) in [4.78, 5) is 11.1. The minimum atomic E-state index is -0.274. The second-order valence-electron chi connectivity index (χ2n) is 5.97. The molecule has 0 saturated heterocycles. The van der Waals surface area contributed by atoms with Crippen LogP contribution in [0, 0.1) is 5.82 Å². The Kier molecular flexibility index (Phi) is 7.65. The fourth-order valence-electron chi connectivity index (χ4n) is 2.10. The van der Waals surface area contributed by atoms with Crippen molar-refractivity contribution in [3.05, 3.63) is 41.2 Å². The van der Waals surface area contributed by atoms with E-state index in [-0.39, 0.29) is 11.9 Å². The van der Waals surface area contributed by atoms with Crippen LogP contribution in [0.15, 0.2) is 34.6 Å². The zero-order valence-electron chi connectivity index (χ0n) is 15.6. The third-order valence-corrected chi connectivity index (χ3v) is 4.43. The van der Waals surface area contributed by atoms with E-state index in [2.05, 4.69) is 20.6 Å². The number of nitrogens with zero attached hydrogens (tertiary/aromatic N) is 3. The molecule has 1 aromatic heterocycles. The standard InChI is InChI=1S/C18H26FN5OS/c1-5-20-17(22-11-15-12-26-18(23-15)24(3)4)21-10-13(2)25-16-8-6-14(19)7-9-16/h6-9,12-13H,5,10-11H2,1-4H3,(H2,20,21,22). The van der Waals surface area contributed by atoms with Crippen LogP contribution < -0.4 is 20.3 Å². The van der Waals surface area contributed by atoms with E-state index in [1.807, 2.05) is 38.2 Å². The van der Waals surface area contributed by atoms with Gasteiger partial charge in [-0.15, -0.1) is 11.3 Å². The molecule has 6 nitrogen and oxygen atoms in total. The maximum Gasteiger partial charge on any atom is 0.191 e. The van der Waals surface area contributed by atoms with E-state index in [0.29, 0.717) is 24.8 Å². The number of rotatable bonds is 8. The lowest BCUT2D eigenvalue weighted by Crippen LogP contribution is -2.41. The summed E-state index contributed by atoms with van der Waals surface area (Å²) in [6.45, 7) is 5.81. The van der Waals surface area contributed by atoms with E-state index in [0.717, 1.165) is 17.4 Å². The van der Waals surface area contributed by atoms with Gasteiger partial charge in [-0.25, -0.2) is 14.4 Å². The number of ether oxygens (including phenoxy) is 1. The SMILES string of the molecule is CCNC(=NCc1csc(N(C)C)n1)NCC(C)Oc1ccc(F)cc1. The lowest BCUT2D eigenvalue weighted by atomic mass is 10.3. The van der Waals surface area contributed by atoms with Gasteiger partial charge in [-0.3, -0.25) is 0 Å². The van der Waals surface area contributed by atoms with Crippen LogP contribution in [0.3, 0.4) is 0 Å². The molecule has 2 rings (SSSR count). The molecule has 0 radical (unpaired) electrons. The van der Waals surface area contributed by atoms with E-state index in [1.165, 1.54) is 12.1 Å². The topological polar surface area (TPSA) is 61.8 Å². The molecule has 0 saturated carbocycles. The van der Waals surface area contributed by atoms with Gasteiger partial charge in [0.1, 0.15) is 17.7 Å². The zero-order valence-corrected chi connectivity index (χ0v) is 16.4. The summed E-state index contributed by atoms with van der Waals surface area (Å²) in [6, 6.07) is 6.01. The first-order valence-corrected chi connectivity index (χ1v) is 9.42. The molecular weight excluding hydrogens is 353 g/mol. The molecule has 2 N–H and O–H groups in total. The fraction of sp³-hybridized carbons (Fsp3) is 0.444. The number of hydrogen-bond acceptors (Lipinski definition) is 5. The Morgan fingerprint density at radius 1 is 1.31 bits per heavy atom. The predicted octanol–water partition coefficient (Wildman–Crippen LogP) is 2.87. The fourth-order valence-corrected chi connectivity index (χ4v) is 2.85. The molecule has 1 aromatic carbocycles. The van der Waals surface area contributed by atoms with Crippen molar-refractivity contribution < 1.29 is 9.13 Å². The van der Waals surface area contributed by atoms with E-state index < -0.39 is 0 Å². The lowest BCUT2D eigenvalue weighted by molar-refractivity contribution is 0.223. The monoisotopic (exact) mass is 379 g/mol. The number of hydrogen-bond donors (Lipinski definition) is 2. The van der Waals surface area contributed by atoms with Crippen LogP contribution in [-0.2, 0) is 6.54 Å². The first-order chi connectivity index (χ1) is 12.5. The Hall–Kier alpha value is -2.35. The molecule has 0 amide bonds. The van der Waals surface area contributed by atoms with Gasteiger partial charge in [-0.2, -0.15) is 0 Å². The van der Waals surface area contributed by atoms with Crippen molar-refractivity contribution in [3.8, 4) is 5.75 Å². The Morgan fingerprint density at radius 2 is 2.04 bits per heavy atom. The van der Waals surface area contributed by atoms with Crippen molar-refractivity contribution in [3.63, 3.8) is 0 Å². The third-order valence-electron chi connectivity index (χ3n) is 3.37. The summed E-state index contributed by atoms with van der Waals surface area (Å²) in [5.74, 6) is 1.08. The summed E-state index contributed by atoms with van der Waals surface area (Å²) >= 11 is 1.60. The molecule has 0 aliphatic carbocycles. The van der Waals surface area contributed by atoms with Crippen LogP contribution in [-0.4, -0.2) is 44.2 Å². The first-order valence-electron chi connectivity index (χ1n) is 8.54. The Labute approximate surface area is 158 Å². The molecule has 0 bridgehead atoms. The summed E-state index contributed by atoms with van der Waals surface area (Å²) in [5.41, 5.74) is 0.937. The largest absolute Gasteiger partial charge is 0.489 e. The first kappa shape index (κ1) is 20.0. The minimum absolute atomic E-state index is 0.0936. The average molecular weight is 380 g/mol. The van der Waals surface area contributed by atoms with Gasteiger partial charge in [0.25, 0.3) is 0 Å². The third kappa shape index (κ3) is 6.51. The molecule has 26 heavy (non-hydrogen) atoms. The highest BCUT2D eigenvalue weighted by atomic mass is 32.1. The number of aliphatic imine (C=N–C) groups is 1. The summed E-state index contributed by atoms with van der Waals surface area (Å²) in [7, 11) is 3.94. The number of benzene rings is 1. The quantitative estimate of drug-likeness (QED) is 0.546. The molecule has 2 aromatic rings. The van der Waals surface area contributed by atoms with Crippen LogP contribution >= 0.6 is 11.3 Å². The van der Waals surface area contributed by atoms with Crippen molar-refractivity contribution in [2.75, 3.05) is 32.1 Å². The van der Waals surface area contributed by atoms with Crippen molar-refractivity contribution >= 4 is 22.4 Å². The summed E-state index contributed by atoms with van der Waals surface area (Å²) in [6.07, 6.45) is -0.0936. The second-order valence-corrected chi connectivity index (χ2v) is 6.81. The van der Waals surface area contributed by atoms with Gasteiger partial charge in [-0.1, -0.05) is 0 Å². The molecule has 0 aliphatic heterocycles. The van der Waals surface area contributed by atoms with Crippen LogP contribution in [0.5, 0.6) is 5.75 Å². The molecule has 8 heteroatoms. The molecule has 142 valence electrons. The molecule has 0 fully saturated rings. The molecule has 0 spiro atoms. The molecule has 1 atom stereocenters. The van der Waals surface area contributed by atoms with Crippen LogP contribution in [0.25, 0.3) is 0 Å². The van der Waals surface area contributed by atoms with Gasteiger partial charge >= 0.3 is 0 Å². The number of halogens is 1. The highest BCUT2D eigenvalue weighted by Crippen LogP contribution is 2.18. The predicted molar refractivity (Wildman–Crippen MR) is 106 cm³/mol. The van der Waals surface area contributed by atoms with Crippen LogP contribution in [0.2, 0.25) is 0 Å². The molecule has 1 heterocycles. The van der Waals surface area contributed by atoms with Gasteiger partial charge in [0.05, 0.1) is 18.8 Å². The molecular formula is C18H26FN5OS. The average Bonchev–Trinajstić information content (AvgIpc) is 3.09. The highest BCUT2D eigenvalue weighted by Gasteiger charge is 2.07. The van der Waals surface area contributed by atoms with Gasteiger partial charge in [0.15, 0.2) is 11.1 Å². The van der Waals surface area contributed by atoms with Gasteiger partial charge < -0.3 is 20.3 Å². The summed E-state index contributed by atoms with van der Waals surface area (Å²) in [5, 5.41) is 9.45. The Balaban J connectivity index is 1.86. The maximum absolute atomic E-state index is 12.9. The van der Waals surface area contributed by atoms with E-state index >= 15 is 0 Å². The lowest BCUT2D eigenvalue weighted by Gasteiger charge is -2.17. The van der Waals surface area contributed by atoms with Gasteiger partial charge in [-0.05, 0) is 38.1 Å². The van der Waals surface area contributed by atoms with Crippen molar-refractivity contribution in [1.29, 1.82) is 0 Å². The number of guanidine groups is 1.